The third-order valence-electron chi connectivity index (χ3n) is 4.15. The van der Waals surface area contributed by atoms with Crippen LogP contribution in [0.5, 0.6) is 0 Å². The standard InChI is InChI=1S/C14H24BrN3/c1-4-18-13(14(15)11(3)17-18)9-16-10(2)12-7-5-6-8-12/h10,12,16H,4-9H2,1-3H3. The van der Waals surface area contributed by atoms with Crippen molar-refractivity contribution in [1.29, 1.82) is 0 Å². The van der Waals surface area contributed by atoms with Crippen LogP contribution in [-0.4, -0.2) is 15.8 Å². The molecule has 1 saturated carbocycles. The highest BCUT2D eigenvalue weighted by Gasteiger charge is 2.22. The van der Waals surface area contributed by atoms with Crippen LogP contribution < -0.4 is 5.32 Å². The molecule has 1 aliphatic rings. The molecule has 0 bridgehead atoms. The lowest BCUT2D eigenvalue weighted by atomic mass is 10.00. The second kappa shape index (κ2) is 6.20. The number of aryl methyl sites for hydroxylation is 2. The van der Waals surface area contributed by atoms with Gasteiger partial charge < -0.3 is 5.32 Å². The summed E-state index contributed by atoms with van der Waals surface area (Å²) in [6, 6.07) is 0.611. The molecule has 0 saturated heterocycles. The molecule has 3 nitrogen and oxygen atoms in total. The molecule has 18 heavy (non-hydrogen) atoms. The predicted octanol–water partition coefficient (Wildman–Crippen LogP) is 3.64. The minimum atomic E-state index is 0.611. The number of aromatic nitrogens is 2. The van der Waals surface area contributed by atoms with E-state index in [2.05, 4.69) is 51.8 Å². The quantitative estimate of drug-likeness (QED) is 0.899. The van der Waals surface area contributed by atoms with Crippen molar-refractivity contribution < 1.29 is 0 Å². The van der Waals surface area contributed by atoms with E-state index in [1.54, 1.807) is 0 Å². The predicted molar refractivity (Wildman–Crippen MR) is 78.6 cm³/mol. The molecule has 1 unspecified atom stereocenters. The van der Waals surface area contributed by atoms with E-state index in [0.29, 0.717) is 6.04 Å². The van der Waals surface area contributed by atoms with E-state index < -0.39 is 0 Å². The summed E-state index contributed by atoms with van der Waals surface area (Å²) >= 11 is 3.65. The summed E-state index contributed by atoms with van der Waals surface area (Å²) < 4.78 is 3.25. The van der Waals surface area contributed by atoms with Gasteiger partial charge in [0.2, 0.25) is 0 Å². The molecule has 1 atom stereocenters. The summed E-state index contributed by atoms with van der Waals surface area (Å²) in [6.45, 7) is 8.36. The maximum Gasteiger partial charge on any atom is 0.0739 e. The van der Waals surface area contributed by atoms with Crippen molar-refractivity contribution in [3.8, 4) is 0 Å². The Labute approximate surface area is 118 Å². The van der Waals surface area contributed by atoms with Gasteiger partial charge in [-0.25, -0.2) is 0 Å². The zero-order valence-corrected chi connectivity index (χ0v) is 13.3. The maximum atomic E-state index is 4.53. The molecule has 1 fully saturated rings. The van der Waals surface area contributed by atoms with Gasteiger partial charge in [-0.3, -0.25) is 4.68 Å². The molecule has 1 aromatic heterocycles. The van der Waals surface area contributed by atoms with Crippen molar-refractivity contribution in [3.05, 3.63) is 15.9 Å². The van der Waals surface area contributed by atoms with Crippen LogP contribution in [0.2, 0.25) is 0 Å². The average Bonchev–Trinajstić information content (AvgIpc) is 2.97. The molecule has 1 aromatic rings. The van der Waals surface area contributed by atoms with E-state index in [1.807, 2.05) is 0 Å². The molecular formula is C14H24BrN3. The first-order chi connectivity index (χ1) is 8.63. The summed E-state index contributed by atoms with van der Waals surface area (Å²) in [7, 11) is 0. The number of rotatable bonds is 5. The van der Waals surface area contributed by atoms with Crippen LogP contribution in [0.3, 0.4) is 0 Å². The Balaban J connectivity index is 1.96. The van der Waals surface area contributed by atoms with Crippen LogP contribution in [0.4, 0.5) is 0 Å². The maximum absolute atomic E-state index is 4.53. The Morgan fingerprint density at radius 1 is 1.44 bits per heavy atom. The van der Waals surface area contributed by atoms with Crippen LogP contribution in [-0.2, 0) is 13.1 Å². The third-order valence-corrected chi connectivity index (χ3v) is 5.18. The van der Waals surface area contributed by atoms with Crippen LogP contribution >= 0.6 is 15.9 Å². The van der Waals surface area contributed by atoms with Crippen LogP contribution in [0.15, 0.2) is 4.47 Å². The Hall–Kier alpha value is -0.350. The van der Waals surface area contributed by atoms with Crippen molar-refractivity contribution in [1.82, 2.24) is 15.1 Å². The van der Waals surface area contributed by atoms with Crippen molar-refractivity contribution >= 4 is 15.9 Å². The van der Waals surface area contributed by atoms with Crippen molar-refractivity contribution in [2.45, 2.75) is 65.6 Å². The van der Waals surface area contributed by atoms with Gasteiger partial charge >= 0.3 is 0 Å². The summed E-state index contributed by atoms with van der Waals surface area (Å²) in [6.07, 6.45) is 5.60. The zero-order valence-electron chi connectivity index (χ0n) is 11.7. The molecule has 2 rings (SSSR count). The molecule has 0 spiro atoms. The van der Waals surface area contributed by atoms with Crippen molar-refractivity contribution in [2.24, 2.45) is 5.92 Å². The topological polar surface area (TPSA) is 29.9 Å². The first kappa shape index (κ1) is 14.1. The van der Waals surface area contributed by atoms with Crippen LogP contribution in [0.25, 0.3) is 0 Å². The van der Waals surface area contributed by atoms with E-state index in [-0.39, 0.29) is 0 Å². The van der Waals surface area contributed by atoms with Crippen molar-refractivity contribution in [2.75, 3.05) is 0 Å². The lowest BCUT2D eigenvalue weighted by Gasteiger charge is -2.20. The molecule has 0 amide bonds. The number of halogens is 1. The van der Waals surface area contributed by atoms with Gasteiger partial charge in [0.15, 0.2) is 0 Å². The molecule has 0 radical (unpaired) electrons. The molecule has 1 N–H and O–H groups in total. The Kier molecular flexibility index (Phi) is 4.84. The van der Waals surface area contributed by atoms with E-state index in [4.69, 9.17) is 0 Å². The van der Waals surface area contributed by atoms with Gasteiger partial charge in [-0.15, -0.1) is 0 Å². The highest BCUT2D eigenvalue weighted by molar-refractivity contribution is 9.10. The Bertz CT molecular complexity index is 394. The monoisotopic (exact) mass is 313 g/mol. The minimum absolute atomic E-state index is 0.611. The summed E-state index contributed by atoms with van der Waals surface area (Å²) in [5.41, 5.74) is 2.36. The average molecular weight is 314 g/mol. The fourth-order valence-electron chi connectivity index (χ4n) is 2.92. The fraction of sp³-hybridized carbons (Fsp3) is 0.786. The first-order valence-corrected chi connectivity index (χ1v) is 7.88. The lowest BCUT2D eigenvalue weighted by molar-refractivity contribution is 0.375. The molecule has 1 aliphatic carbocycles. The molecule has 0 aromatic carbocycles. The Morgan fingerprint density at radius 2 is 2.11 bits per heavy atom. The smallest absolute Gasteiger partial charge is 0.0739 e. The zero-order chi connectivity index (χ0) is 13.1. The third kappa shape index (κ3) is 2.97. The molecule has 102 valence electrons. The van der Waals surface area contributed by atoms with Gasteiger partial charge in [0.25, 0.3) is 0 Å². The number of nitrogens with one attached hydrogen (secondary N) is 1. The highest BCUT2D eigenvalue weighted by Crippen LogP contribution is 2.28. The van der Waals surface area contributed by atoms with Gasteiger partial charge in [-0.1, -0.05) is 12.8 Å². The van der Waals surface area contributed by atoms with Gasteiger partial charge in [-0.2, -0.15) is 5.10 Å². The van der Waals surface area contributed by atoms with Gasteiger partial charge in [0, 0.05) is 19.1 Å². The Morgan fingerprint density at radius 3 is 2.72 bits per heavy atom. The van der Waals surface area contributed by atoms with Crippen LogP contribution in [0, 0.1) is 12.8 Å². The second-order valence-electron chi connectivity index (χ2n) is 5.38. The van der Waals surface area contributed by atoms with Gasteiger partial charge in [0.05, 0.1) is 15.9 Å². The lowest BCUT2D eigenvalue weighted by Crippen LogP contribution is -2.32. The molecular weight excluding hydrogens is 290 g/mol. The van der Waals surface area contributed by atoms with E-state index in [9.17, 15) is 0 Å². The molecule has 4 heteroatoms. The second-order valence-corrected chi connectivity index (χ2v) is 6.17. The van der Waals surface area contributed by atoms with Crippen molar-refractivity contribution in [3.63, 3.8) is 0 Å². The molecule has 1 heterocycles. The summed E-state index contributed by atoms with van der Waals surface area (Å²) in [5.74, 6) is 0.864. The number of hydrogen-bond donors (Lipinski definition) is 1. The summed E-state index contributed by atoms with van der Waals surface area (Å²) in [5, 5.41) is 8.21. The largest absolute Gasteiger partial charge is 0.308 e. The fourth-order valence-corrected chi connectivity index (χ4v) is 3.34. The SMILES string of the molecule is CCn1nc(C)c(Br)c1CNC(C)C1CCCC1. The normalized spacial score (nSPS) is 18.4. The summed E-state index contributed by atoms with van der Waals surface area (Å²) in [4.78, 5) is 0. The minimum Gasteiger partial charge on any atom is -0.308 e. The molecule has 0 aliphatic heterocycles. The van der Waals surface area contributed by atoms with Crippen LogP contribution in [0.1, 0.15) is 50.9 Å². The van der Waals surface area contributed by atoms with E-state index in [0.717, 1.165) is 29.2 Å². The highest BCUT2D eigenvalue weighted by atomic mass is 79.9. The first-order valence-electron chi connectivity index (χ1n) is 7.08. The van der Waals surface area contributed by atoms with Gasteiger partial charge in [-0.05, 0) is 55.5 Å². The van der Waals surface area contributed by atoms with E-state index in [1.165, 1.54) is 31.4 Å². The number of nitrogens with zero attached hydrogens (tertiary/aromatic N) is 2. The number of hydrogen-bond acceptors (Lipinski definition) is 2. The van der Waals surface area contributed by atoms with E-state index >= 15 is 0 Å². The van der Waals surface area contributed by atoms with Gasteiger partial charge in [0.1, 0.15) is 0 Å².